The average Bonchev–Trinajstić information content (AvgIpc) is 3.10. The van der Waals surface area contributed by atoms with Crippen LogP contribution in [-0.2, 0) is 19.1 Å². The molecule has 0 aromatic heterocycles. The Kier molecular flexibility index (Phi) is 17.2. The Morgan fingerprint density at radius 2 is 0.878 bits per heavy atom. The minimum atomic E-state index is -0.580. The molecule has 0 amide bonds. The molecule has 0 fully saturated rings. The lowest BCUT2D eigenvalue weighted by Crippen LogP contribution is -2.10. The first-order chi connectivity index (χ1) is 23.8. The first-order valence-electron chi connectivity index (χ1n) is 16.1. The molecule has 0 atom stereocenters. The van der Waals surface area contributed by atoms with Crippen LogP contribution in [0.4, 0.5) is 0 Å². The number of halogens is 1. The van der Waals surface area contributed by atoms with Crippen molar-refractivity contribution in [3.8, 4) is 23.0 Å². The lowest BCUT2D eigenvalue weighted by Gasteiger charge is -2.10. The number of benzene rings is 3. The Bertz CT molecular complexity index is 1420. The normalized spacial score (nSPS) is 10.4. The number of ether oxygens (including phenoxy) is 6. The molecule has 3 aromatic rings. The monoisotopic (exact) mass is 736 g/mol. The maximum atomic E-state index is 12.8. The van der Waals surface area contributed by atoms with Gasteiger partial charge in [0.05, 0.1) is 37.6 Å². The maximum absolute atomic E-state index is 12.8. The van der Waals surface area contributed by atoms with Gasteiger partial charge in [0, 0.05) is 22.7 Å². The number of unbranched alkanes of at least 4 members (excludes halogenated alkanes) is 6. The summed E-state index contributed by atoms with van der Waals surface area (Å²) in [5.74, 6) is -0.326. The van der Waals surface area contributed by atoms with Gasteiger partial charge < -0.3 is 28.4 Å². The number of hydrogen-bond donors (Lipinski definition) is 0. The van der Waals surface area contributed by atoms with Crippen LogP contribution < -0.4 is 18.9 Å². The molecule has 0 bridgehead atoms. The predicted octanol–water partition coefficient (Wildman–Crippen LogP) is 8.22. The van der Waals surface area contributed by atoms with E-state index in [2.05, 4.69) is 29.1 Å². The summed E-state index contributed by atoms with van der Waals surface area (Å²) in [6, 6.07) is 17.9. The van der Waals surface area contributed by atoms with E-state index in [9.17, 15) is 19.2 Å². The van der Waals surface area contributed by atoms with Gasteiger partial charge in [0.15, 0.2) is 0 Å². The first-order valence-corrected chi connectivity index (χ1v) is 16.9. The highest BCUT2D eigenvalue weighted by Crippen LogP contribution is 2.28. The molecule has 3 aromatic carbocycles. The standard InChI is InChI=1S/C38H41BrO10/c1-3-35(40)46-23-11-7-5-9-21-44-31-17-13-28(14-18-31)37(42)48-33-25-30(39)26-34(27-33)49-38(43)29-15-19-32(20-16-29)45-22-10-6-8-12-24-47-36(41)4-2/h3-4,13-20,25-27H,1-2,5-12,21-24H2. The first kappa shape index (κ1) is 38.5. The fourth-order valence-electron chi connectivity index (χ4n) is 4.32. The SMILES string of the molecule is C=CC(=O)OCCCCCCOc1ccc(C(=O)Oc2cc(Br)cc(OC(=O)c3ccc(OCCCCCCOC(=O)C=C)cc3)c2)cc1. The van der Waals surface area contributed by atoms with Gasteiger partial charge in [0.2, 0.25) is 0 Å². The third kappa shape index (κ3) is 15.2. The molecular weight excluding hydrogens is 696 g/mol. The van der Waals surface area contributed by atoms with Crippen LogP contribution in [0.15, 0.2) is 96.5 Å². The van der Waals surface area contributed by atoms with E-state index in [-0.39, 0.29) is 11.5 Å². The van der Waals surface area contributed by atoms with Crippen LogP contribution in [0.1, 0.15) is 72.1 Å². The Hall–Kier alpha value is -4.90. The zero-order chi connectivity index (χ0) is 35.3. The van der Waals surface area contributed by atoms with Crippen LogP contribution in [0.2, 0.25) is 0 Å². The van der Waals surface area contributed by atoms with Gasteiger partial charge in [0.25, 0.3) is 0 Å². The van der Waals surface area contributed by atoms with E-state index >= 15 is 0 Å². The third-order valence-electron chi connectivity index (χ3n) is 6.88. The molecule has 10 nitrogen and oxygen atoms in total. The second-order valence-electron chi connectivity index (χ2n) is 10.7. The van der Waals surface area contributed by atoms with E-state index in [1.54, 1.807) is 60.7 Å². The summed E-state index contributed by atoms with van der Waals surface area (Å²) in [5, 5.41) is 0. The van der Waals surface area contributed by atoms with Crippen molar-refractivity contribution in [2.45, 2.75) is 51.4 Å². The Morgan fingerprint density at radius 1 is 0.510 bits per heavy atom. The van der Waals surface area contributed by atoms with Crippen molar-refractivity contribution in [3.05, 3.63) is 108 Å². The maximum Gasteiger partial charge on any atom is 0.343 e. The van der Waals surface area contributed by atoms with E-state index in [0.717, 1.165) is 63.5 Å². The summed E-state index contributed by atoms with van der Waals surface area (Å²) in [7, 11) is 0. The van der Waals surface area contributed by atoms with Crippen LogP contribution in [0.25, 0.3) is 0 Å². The largest absolute Gasteiger partial charge is 0.494 e. The van der Waals surface area contributed by atoms with Crippen molar-refractivity contribution < 1.29 is 47.6 Å². The fraction of sp³-hybridized carbons (Fsp3) is 0.316. The molecule has 0 radical (unpaired) electrons. The number of hydrogen-bond acceptors (Lipinski definition) is 10. The highest BCUT2D eigenvalue weighted by Gasteiger charge is 2.14. The van der Waals surface area contributed by atoms with Gasteiger partial charge in [0.1, 0.15) is 23.0 Å². The fourth-order valence-corrected chi connectivity index (χ4v) is 4.77. The van der Waals surface area contributed by atoms with Gasteiger partial charge in [-0.15, -0.1) is 0 Å². The molecule has 11 heteroatoms. The lowest BCUT2D eigenvalue weighted by molar-refractivity contribution is -0.138. The molecule has 0 spiro atoms. The molecule has 3 rings (SSSR count). The van der Waals surface area contributed by atoms with Crippen molar-refractivity contribution >= 4 is 39.8 Å². The topological polar surface area (TPSA) is 124 Å². The van der Waals surface area contributed by atoms with E-state index < -0.39 is 23.9 Å². The van der Waals surface area contributed by atoms with Gasteiger partial charge in [-0.2, -0.15) is 0 Å². The Labute approximate surface area is 295 Å². The quantitative estimate of drug-likeness (QED) is 0.0431. The molecule has 0 aliphatic carbocycles. The smallest absolute Gasteiger partial charge is 0.343 e. The van der Waals surface area contributed by atoms with Crippen LogP contribution in [-0.4, -0.2) is 50.3 Å². The summed E-state index contributed by atoms with van der Waals surface area (Å²) in [6.45, 7) is 8.52. The van der Waals surface area contributed by atoms with Crippen LogP contribution in [0, 0.1) is 0 Å². The summed E-state index contributed by atoms with van der Waals surface area (Å²) < 4.78 is 33.0. The molecule has 0 aliphatic rings. The predicted molar refractivity (Wildman–Crippen MR) is 187 cm³/mol. The zero-order valence-corrected chi connectivity index (χ0v) is 29.0. The molecule has 0 saturated heterocycles. The van der Waals surface area contributed by atoms with Crippen LogP contribution in [0.5, 0.6) is 23.0 Å². The third-order valence-corrected chi connectivity index (χ3v) is 7.34. The number of esters is 4. The van der Waals surface area contributed by atoms with Crippen molar-refractivity contribution in [1.29, 1.82) is 0 Å². The minimum absolute atomic E-state index is 0.197. The van der Waals surface area contributed by atoms with Crippen molar-refractivity contribution in [2.75, 3.05) is 26.4 Å². The molecule has 0 saturated carbocycles. The number of rotatable bonds is 22. The second-order valence-corrected chi connectivity index (χ2v) is 11.6. The summed E-state index contributed by atoms with van der Waals surface area (Å²) in [6.07, 6.45) is 9.26. The van der Waals surface area contributed by atoms with Gasteiger partial charge in [-0.3, -0.25) is 0 Å². The van der Waals surface area contributed by atoms with E-state index in [1.165, 1.54) is 6.07 Å². The second kappa shape index (κ2) is 21.9. The zero-order valence-electron chi connectivity index (χ0n) is 27.4. The summed E-state index contributed by atoms with van der Waals surface area (Å²) >= 11 is 3.37. The molecule has 0 heterocycles. The molecular formula is C38H41BrO10. The van der Waals surface area contributed by atoms with Gasteiger partial charge in [-0.25, -0.2) is 19.2 Å². The van der Waals surface area contributed by atoms with E-state index in [0.29, 0.717) is 53.5 Å². The van der Waals surface area contributed by atoms with E-state index in [4.69, 9.17) is 28.4 Å². The van der Waals surface area contributed by atoms with Crippen LogP contribution >= 0.6 is 15.9 Å². The Morgan fingerprint density at radius 3 is 1.24 bits per heavy atom. The number of carbonyl (C=O) groups excluding carboxylic acids is 4. The van der Waals surface area contributed by atoms with Crippen molar-refractivity contribution in [3.63, 3.8) is 0 Å². The van der Waals surface area contributed by atoms with Gasteiger partial charge >= 0.3 is 23.9 Å². The molecule has 0 N–H and O–H groups in total. The molecule has 0 unspecified atom stereocenters. The van der Waals surface area contributed by atoms with Gasteiger partial charge in [-0.05, 0) is 112 Å². The summed E-state index contributed by atoms with van der Waals surface area (Å²) in [4.78, 5) is 47.6. The molecule has 0 aliphatic heterocycles. The number of carbonyl (C=O) groups is 4. The Balaban J connectivity index is 1.39. The molecule has 260 valence electrons. The van der Waals surface area contributed by atoms with Gasteiger partial charge in [-0.1, -0.05) is 29.1 Å². The molecule has 49 heavy (non-hydrogen) atoms. The minimum Gasteiger partial charge on any atom is -0.494 e. The lowest BCUT2D eigenvalue weighted by atomic mass is 10.2. The summed E-state index contributed by atoms with van der Waals surface area (Å²) in [5.41, 5.74) is 0.655. The van der Waals surface area contributed by atoms with Crippen molar-refractivity contribution in [1.82, 2.24) is 0 Å². The highest BCUT2D eigenvalue weighted by atomic mass is 79.9. The average molecular weight is 738 g/mol. The highest BCUT2D eigenvalue weighted by molar-refractivity contribution is 9.10. The van der Waals surface area contributed by atoms with Crippen LogP contribution in [0.3, 0.4) is 0 Å². The van der Waals surface area contributed by atoms with Crippen molar-refractivity contribution in [2.24, 2.45) is 0 Å². The van der Waals surface area contributed by atoms with E-state index in [1.807, 2.05) is 0 Å².